The quantitative estimate of drug-likeness (QED) is 0.634. The number of hydrogen-bond acceptors (Lipinski definition) is 4. The summed E-state index contributed by atoms with van der Waals surface area (Å²) >= 11 is 7.77. The van der Waals surface area contributed by atoms with Crippen LogP contribution in [0.2, 0.25) is 5.02 Å². The van der Waals surface area contributed by atoms with E-state index >= 15 is 0 Å². The molecule has 0 bridgehead atoms. The lowest BCUT2D eigenvalue weighted by atomic mass is 10.2. The number of ether oxygens (including phenoxy) is 1. The number of aromatic nitrogens is 1. The van der Waals surface area contributed by atoms with Gasteiger partial charge in [-0.2, -0.15) is 0 Å². The van der Waals surface area contributed by atoms with Crippen LogP contribution in [0.5, 0.6) is 0 Å². The topological polar surface area (TPSA) is 39.2 Å². The number of fused-ring (bicyclic) bond motifs is 3. The Hall–Kier alpha value is -1.65. The highest BCUT2D eigenvalue weighted by atomic mass is 35.5. The van der Waals surface area contributed by atoms with Crippen LogP contribution in [0.4, 0.5) is 0 Å². The molecule has 0 saturated carbocycles. The average molecular weight is 278 g/mol. The second-order valence-electron chi connectivity index (χ2n) is 3.76. The predicted octanol–water partition coefficient (Wildman–Crippen LogP) is 3.89. The van der Waals surface area contributed by atoms with Crippen molar-refractivity contribution in [1.29, 1.82) is 0 Å². The number of hydrogen-bond donors (Lipinski definition) is 0. The first kappa shape index (κ1) is 11.4. The summed E-state index contributed by atoms with van der Waals surface area (Å²) in [5, 5.41) is 1.53. The molecule has 90 valence electrons. The Morgan fingerprint density at radius 2 is 2.17 bits per heavy atom. The van der Waals surface area contributed by atoms with Crippen LogP contribution >= 0.6 is 22.9 Å². The molecule has 0 radical (unpaired) electrons. The molecule has 18 heavy (non-hydrogen) atoms. The first-order valence-electron chi connectivity index (χ1n) is 5.27. The van der Waals surface area contributed by atoms with Gasteiger partial charge in [-0.05, 0) is 12.1 Å². The first-order chi connectivity index (χ1) is 8.70. The molecule has 0 unspecified atom stereocenters. The lowest BCUT2D eigenvalue weighted by Gasteiger charge is -2.00. The third-order valence-electron chi connectivity index (χ3n) is 2.68. The normalized spacial score (nSPS) is 11.0. The first-order valence-corrected chi connectivity index (χ1v) is 6.46. The van der Waals surface area contributed by atoms with Crippen LogP contribution in [0.25, 0.3) is 20.3 Å². The number of halogens is 1. The van der Waals surface area contributed by atoms with Crippen LogP contribution in [-0.4, -0.2) is 18.1 Å². The number of methoxy groups -OCH3 is 1. The summed E-state index contributed by atoms with van der Waals surface area (Å²) in [5.74, 6) is -0.478. The molecule has 3 rings (SSSR count). The minimum absolute atomic E-state index is 0.235. The van der Waals surface area contributed by atoms with E-state index in [1.54, 1.807) is 17.4 Å². The van der Waals surface area contributed by atoms with Crippen LogP contribution in [0.3, 0.4) is 0 Å². The van der Waals surface area contributed by atoms with E-state index in [1.807, 2.05) is 24.3 Å². The van der Waals surface area contributed by atoms with Crippen molar-refractivity contribution in [3.8, 4) is 0 Å². The van der Waals surface area contributed by atoms with Gasteiger partial charge in [0.05, 0.1) is 22.3 Å². The van der Waals surface area contributed by atoms with Gasteiger partial charge >= 0.3 is 5.97 Å². The van der Waals surface area contributed by atoms with E-state index in [9.17, 15) is 4.79 Å². The minimum atomic E-state index is -0.478. The number of carbonyl (C=O) groups is 1. The predicted molar refractivity (Wildman–Crippen MR) is 73.5 cm³/mol. The molecule has 0 aliphatic carbocycles. The zero-order valence-corrected chi connectivity index (χ0v) is 11.0. The number of thiophene rings is 1. The summed E-state index contributed by atoms with van der Waals surface area (Å²) in [7, 11) is 1.33. The molecule has 0 aliphatic rings. The van der Waals surface area contributed by atoms with Gasteiger partial charge in [-0.1, -0.05) is 29.8 Å². The lowest BCUT2D eigenvalue weighted by molar-refractivity contribution is 0.0594. The van der Waals surface area contributed by atoms with E-state index in [-0.39, 0.29) is 5.69 Å². The van der Waals surface area contributed by atoms with Crippen LogP contribution in [0, 0.1) is 0 Å². The number of nitrogens with zero attached hydrogens (tertiary/aromatic N) is 1. The Kier molecular flexibility index (Phi) is 2.69. The van der Waals surface area contributed by atoms with Gasteiger partial charge in [0, 0.05) is 10.1 Å². The second-order valence-corrected chi connectivity index (χ2v) is 5.22. The smallest absolute Gasteiger partial charge is 0.356 e. The molecule has 0 saturated heterocycles. The third-order valence-corrected chi connectivity index (χ3v) is 4.28. The van der Waals surface area contributed by atoms with Crippen molar-refractivity contribution in [2.75, 3.05) is 7.11 Å². The number of benzene rings is 1. The van der Waals surface area contributed by atoms with Gasteiger partial charge in [0.2, 0.25) is 0 Å². The van der Waals surface area contributed by atoms with Gasteiger partial charge in [-0.15, -0.1) is 11.3 Å². The third kappa shape index (κ3) is 1.65. The van der Waals surface area contributed by atoms with Gasteiger partial charge in [0.1, 0.15) is 0 Å². The Morgan fingerprint density at radius 3 is 2.94 bits per heavy atom. The van der Waals surface area contributed by atoms with Gasteiger partial charge in [-0.3, -0.25) is 0 Å². The molecule has 0 aliphatic heterocycles. The fourth-order valence-electron chi connectivity index (χ4n) is 1.85. The number of pyridine rings is 1. The fourth-order valence-corrected chi connectivity index (χ4v) is 3.21. The molecule has 3 aromatic rings. The zero-order valence-electron chi connectivity index (χ0n) is 9.44. The van der Waals surface area contributed by atoms with Crippen molar-refractivity contribution in [2.45, 2.75) is 0 Å². The lowest BCUT2D eigenvalue weighted by Crippen LogP contribution is -2.03. The highest BCUT2D eigenvalue weighted by Gasteiger charge is 2.15. The van der Waals surface area contributed by atoms with E-state index in [1.165, 1.54) is 7.11 Å². The zero-order chi connectivity index (χ0) is 12.7. The summed E-state index contributed by atoms with van der Waals surface area (Å²) in [6, 6.07) is 9.43. The van der Waals surface area contributed by atoms with Crippen molar-refractivity contribution in [3.63, 3.8) is 0 Å². The van der Waals surface area contributed by atoms with Gasteiger partial charge < -0.3 is 4.74 Å². The molecule has 2 aromatic heterocycles. The maximum atomic E-state index is 11.5. The van der Waals surface area contributed by atoms with Gasteiger partial charge in [-0.25, -0.2) is 9.78 Å². The highest BCUT2D eigenvalue weighted by molar-refractivity contribution is 7.26. The average Bonchev–Trinajstić information content (AvgIpc) is 2.77. The van der Waals surface area contributed by atoms with E-state index < -0.39 is 5.97 Å². The Bertz CT molecular complexity index is 766. The van der Waals surface area contributed by atoms with Gasteiger partial charge in [0.25, 0.3) is 0 Å². The Balaban J connectivity index is 2.40. The molecule has 0 N–H and O–H groups in total. The Morgan fingerprint density at radius 1 is 1.39 bits per heavy atom. The monoisotopic (exact) mass is 277 g/mol. The summed E-state index contributed by atoms with van der Waals surface area (Å²) < 4.78 is 6.67. The number of rotatable bonds is 1. The molecule has 1 aromatic carbocycles. The fraction of sp³-hybridized carbons (Fsp3) is 0.0769. The molecule has 0 atom stereocenters. The van der Waals surface area contributed by atoms with Crippen molar-refractivity contribution in [1.82, 2.24) is 4.98 Å². The number of carbonyl (C=O) groups excluding carboxylic acids is 1. The van der Waals surface area contributed by atoms with Crippen LogP contribution in [0.15, 0.2) is 30.3 Å². The summed E-state index contributed by atoms with van der Waals surface area (Å²) in [6.45, 7) is 0. The standard InChI is InChI=1S/C13H8ClNO2S/c1-17-13(16)9-6-8(14)12-11(15-9)7-4-2-3-5-10(7)18-12/h2-6H,1H3. The maximum Gasteiger partial charge on any atom is 0.356 e. The second kappa shape index (κ2) is 4.23. The van der Waals surface area contributed by atoms with Crippen LogP contribution in [0.1, 0.15) is 10.5 Å². The van der Waals surface area contributed by atoms with Crippen LogP contribution < -0.4 is 0 Å². The Labute approximate surface area is 112 Å². The van der Waals surface area contributed by atoms with E-state index in [0.717, 1.165) is 20.3 Å². The van der Waals surface area contributed by atoms with Gasteiger partial charge in [0.15, 0.2) is 5.69 Å². The summed E-state index contributed by atoms with van der Waals surface area (Å²) in [5.41, 5.74) is 0.988. The maximum absolute atomic E-state index is 11.5. The van der Waals surface area contributed by atoms with E-state index in [0.29, 0.717) is 5.02 Å². The number of esters is 1. The summed E-state index contributed by atoms with van der Waals surface area (Å²) in [4.78, 5) is 15.9. The van der Waals surface area contributed by atoms with Crippen LogP contribution in [-0.2, 0) is 4.74 Å². The van der Waals surface area contributed by atoms with E-state index in [2.05, 4.69) is 9.72 Å². The molecule has 0 spiro atoms. The van der Waals surface area contributed by atoms with Crippen molar-refractivity contribution in [3.05, 3.63) is 41.0 Å². The highest BCUT2D eigenvalue weighted by Crippen LogP contribution is 2.36. The molecule has 2 heterocycles. The summed E-state index contributed by atoms with van der Waals surface area (Å²) in [6.07, 6.45) is 0. The molecular weight excluding hydrogens is 270 g/mol. The molecule has 0 amide bonds. The molecule has 3 nitrogen and oxygen atoms in total. The van der Waals surface area contributed by atoms with Crippen molar-refractivity contribution < 1.29 is 9.53 Å². The molecular formula is C13H8ClNO2S. The van der Waals surface area contributed by atoms with E-state index in [4.69, 9.17) is 11.6 Å². The molecule has 5 heteroatoms. The largest absolute Gasteiger partial charge is 0.464 e. The minimum Gasteiger partial charge on any atom is -0.464 e. The molecule has 0 fully saturated rings. The van der Waals surface area contributed by atoms with Crippen molar-refractivity contribution in [2.24, 2.45) is 0 Å². The van der Waals surface area contributed by atoms with Crippen molar-refractivity contribution >= 4 is 49.2 Å². The SMILES string of the molecule is COC(=O)c1cc(Cl)c2sc3ccccc3c2n1.